The zero-order valence-corrected chi connectivity index (χ0v) is 15.2. The van der Waals surface area contributed by atoms with Crippen molar-refractivity contribution in [3.8, 4) is 5.75 Å². The summed E-state index contributed by atoms with van der Waals surface area (Å²) in [6.45, 7) is 9.41. The number of imidazole rings is 1. The van der Waals surface area contributed by atoms with Gasteiger partial charge >= 0.3 is 6.73 Å². The highest BCUT2D eigenvalue weighted by Gasteiger charge is 2.22. The average molecular weight is 361 g/mol. The van der Waals surface area contributed by atoms with Crippen molar-refractivity contribution >= 4 is 17.0 Å². The van der Waals surface area contributed by atoms with Gasteiger partial charge in [0.1, 0.15) is 5.75 Å². The SMILES string of the molecule is [C-]#[N+]COc1ccc(Cn2c(N3CCC[C@@H](N)C3)nc3ccccc32)cc1. The molecule has 1 aromatic heterocycles. The van der Waals surface area contributed by atoms with Crippen molar-refractivity contribution in [2.45, 2.75) is 25.4 Å². The first-order chi connectivity index (χ1) is 13.2. The lowest BCUT2D eigenvalue weighted by atomic mass is 10.1. The molecule has 1 aliphatic rings. The molecule has 6 heteroatoms. The summed E-state index contributed by atoms with van der Waals surface area (Å²) < 4.78 is 7.62. The average Bonchev–Trinajstić information content (AvgIpc) is 3.06. The van der Waals surface area contributed by atoms with Crippen molar-refractivity contribution in [1.82, 2.24) is 9.55 Å². The van der Waals surface area contributed by atoms with Crippen molar-refractivity contribution in [3.05, 3.63) is 65.5 Å². The molecule has 0 radical (unpaired) electrons. The first kappa shape index (κ1) is 17.4. The van der Waals surface area contributed by atoms with Gasteiger partial charge in [-0.2, -0.15) is 0 Å². The summed E-state index contributed by atoms with van der Waals surface area (Å²) in [5.41, 5.74) is 9.49. The van der Waals surface area contributed by atoms with E-state index in [1.165, 1.54) is 0 Å². The maximum absolute atomic E-state index is 6.81. The van der Waals surface area contributed by atoms with Crippen LogP contribution in [0.3, 0.4) is 0 Å². The van der Waals surface area contributed by atoms with Crippen LogP contribution in [0.25, 0.3) is 15.9 Å². The molecule has 2 heterocycles. The molecule has 0 bridgehead atoms. The number of hydrogen-bond acceptors (Lipinski definition) is 4. The van der Waals surface area contributed by atoms with E-state index in [0.717, 1.165) is 55.0 Å². The van der Waals surface area contributed by atoms with Gasteiger partial charge in [-0.3, -0.25) is 4.85 Å². The summed E-state index contributed by atoms with van der Waals surface area (Å²) in [5.74, 6) is 1.70. The lowest BCUT2D eigenvalue weighted by Crippen LogP contribution is -2.44. The maximum atomic E-state index is 6.81. The fraction of sp³-hybridized carbons (Fsp3) is 0.333. The highest BCUT2D eigenvalue weighted by atomic mass is 16.5. The van der Waals surface area contributed by atoms with E-state index in [0.29, 0.717) is 5.75 Å². The van der Waals surface area contributed by atoms with E-state index in [4.69, 9.17) is 22.0 Å². The van der Waals surface area contributed by atoms with E-state index in [1.807, 2.05) is 36.4 Å². The van der Waals surface area contributed by atoms with Crippen LogP contribution in [-0.2, 0) is 6.54 Å². The molecule has 3 aromatic rings. The molecule has 27 heavy (non-hydrogen) atoms. The van der Waals surface area contributed by atoms with Crippen LogP contribution in [0.5, 0.6) is 5.75 Å². The van der Waals surface area contributed by atoms with E-state index in [1.54, 1.807) is 0 Å². The topological polar surface area (TPSA) is 60.7 Å². The second kappa shape index (κ2) is 7.68. The first-order valence-corrected chi connectivity index (χ1v) is 9.25. The highest BCUT2D eigenvalue weighted by Crippen LogP contribution is 2.26. The van der Waals surface area contributed by atoms with Gasteiger partial charge in [-0.25, -0.2) is 11.6 Å². The van der Waals surface area contributed by atoms with E-state index in [9.17, 15) is 0 Å². The zero-order chi connectivity index (χ0) is 18.6. The quantitative estimate of drug-likeness (QED) is 0.709. The predicted octanol–water partition coefficient (Wildman–Crippen LogP) is 3.27. The van der Waals surface area contributed by atoms with Gasteiger partial charge in [0.2, 0.25) is 5.95 Å². The summed E-state index contributed by atoms with van der Waals surface area (Å²) in [7, 11) is 0. The summed E-state index contributed by atoms with van der Waals surface area (Å²) in [6.07, 6.45) is 2.17. The van der Waals surface area contributed by atoms with Crippen molar-refractivity contribution in [2.24, 2.45) is 5.73 Å². The van der Waals surface area contributed by atoms with Gasteiger partial charge in [-0.1, -0.05) is 24.3 Å². The Hall–Kier alpha value is -3.04. The maximum Gasteiger partial charge on any atom is 0.357 e. The molecule has 0 spiro atoms. The van der Waals surface area contributed by atoms with Crippen molar-refractivity contribution in [3.63, 3.8) is 0 Å². The Bertz CT molecular complexity index is 957. The molecule has 4 rings (SSSR count). The number of nitrogens with two attached hydrogens (primary N) is 1. The minimum absolute atomic E-state index is 0.0465. The monoisotopic (exact) mass is 361 g/mol. The van der Waals surface area contributed by atoms with Crippen LogP contribution in [0.1, 0.15) is 18.4 Å². The van der Waals surface area contributed by atoms with Crippen LogP contribution >= 0.6 is 0 Å². The van der Waals surface area contributed by atoms with Crippen LogP contribution in [0.4, 0.5) is 5.95 Å². The molecule has 138 valence electrons. The third-order valence-electron chi connectivity index (χ3n) is 4.93. The van der Waals surface area contributed by atoms with E-state index in [2.05, 4.69) is 26.4 Å². The van der Waals surface area contributed by atoms with Crippen LogP contribution in [0.2, 0.25) is 0 Å². The van der Waals surface area contributed by atoms with Gasteiger partial charge in [0.25, 0.3) is 0 Å². The molecule has 6 nitrogen and oxygen atoms in total. The van der Waals surface area contributed by atoms with Crippen molar-refractivity contribution in [1.29, 1.82) is 0 Å². The molecule has 0 unspecified atom stereocenters. The summed E-state index contributed by atoms with van der Waals surface area (Å²) in [6, 6.07) is 16.4. The lowest BCUT2D eigenvalue weighted by Gasteiger charge is -2.32. The Morgan fingerprint density at radius 3 is 2.78 bits per heavy atom. The minimum Gasteiger partial charge on any atom is -0.426 e. The number of rotatable bonds is 5. The highest BCUT2D eigenvalue weighted by molar-refractivity contribution is 5.79. The Labute approximate surface area is 159 Å². The number of nitrogens with zero attached hydrogens (tertiary/aromatic N) is 4. The molecule has 0 saturated carbocycles. The van der Waals surface area contributed by atoms with Gasteiger partial charge in [-0.05, 0) is 42.7 Å². The Morgan fingerprint density at radius 1 is 1.19 bits per heavy atom. The number of fused-ring (bicyclic) bond motifs is 1. The van der Waals surface area contributed by atoms with Gasteiger partial charge in [0.05, 0.1) is 17.6 Å². The van der Waals surface area contributed by atoms with E-state index in [-0.39, 0.29) is 12.8 Å². The summed E-state index contributed by atoms with van der Waals surface area (Å²) in [5, 5.41) is 0. The number of aromatic nitrogens is 2. The third-order valence-corrected chi connectivity index (χ3v) is 4.93. The molecular formula is C21H23N5O. The van der Waals surface area contributed by atoms with Gasteiger partial charge in [-0.15, -0.1) is 0 Å². The van der Waals surface area contributed by atoms with Crippen LogP contribution < -0.4 is 15.4 Å². The van der Waals surface area contributed by atoms with Crippen LogP contribution in [-0.4, -0.2) is 35.4 Å². The van der Waals surface area contributed by atoms with Crippen LogP contribution in [0.15, 0.2) is 48.5 Å². The van der Waals surface area contributed by atoms with Gasteiger partial charge < -0.3 is 19.9 Å². The summed E-state index contributed by atoms with van der Waals surface area (Å²) >= 11 is 0. The molecule has 1 aliphatic heterocycles. The van der Waals surface area contributed by atoms with Gasteiger partial charge in [0.15, 0.2) is 0 Å². The molecule has 2 N–H and O–H groups in total. The Morgan fingerprint density at radius 2 is 2.00 bits per heavy atom. The lowest BCUT2D eigenvalue weighted by molar-refractivity contribution is 0.361. The standard InChI is InChI=1S/C21H23N5O/c1-23-15-27-18-10-8-16(9-11-18)13-26-20-7-3-2-6-19(20)24-21(26)25-12-4-5-17(22)14-25/h2-3,6-11,17H,4-5,12-15,22H2/t17-/m1/s1. The number of para-hydroxylation sites is 2. The van der Waals surface area contributed by atoms with E-state index >= 15 is 0 Å². The fourth-order valence-corrected chi connectivity index (χ4v) is 3.63. The Balaban J connectivity index is 1.65. The molecular weight excluding hydrogens is 338 g/mol. The molecule has 0 aliphatic carbocycles. The fourth-order valence-electron chi connectivity index (χ4n) is 3.63. The van der Waals surface area contributed by atoms with Crippen LogP contribution in [0, 0.1) is 6.57 Å². The second-order valence-electron chi connectivity index (χ2n) is 6.91. The minimum atomic E-state index is 0.0465. The number of benzene rings is 2. The normalized spacial score (nSPS) is 17.0. The van der Waals surface area contributed by atoms with Gasteiger partial charge in [0, 0.05) is 19.1 Å². The van der Waals surface area contributed by atoms with Crippen molar-refractivity contribution < 1.29 is 4.74 Å². The number of piperidine rings is 1. The second-order valence-corrected chi connectivity index (χ2v) is 6.91. The molecule has 0 amide bonds. The van der Waals surface area contributed by atoms with Crippen molar-refractivity contribution in [2.75, 3.05) is 24.7 Å². The zero-order valence-electron chi connectivity index (χ0n) is 15.2. The molecule has 1 atom stereocenters. The summed E-state index contributed by atoms with van der Waals surface area (Å²) in [4.78, 5) is 10.4. The predicted molar refractivity (Wildman–Crippen MR) is 107 cm³/mol. The molecule has 1 saturated heterocycles. The number of anilines is 1. The molecule has 1 fully saturated rings. The Kier molecular flexibility index (Phi) is 4.95. The smallest absolute Gasteiger partial charge is 0.357 e. The van der Waals surface area contributed by atoms with E-state index < -0.39 is 0 Å². The molecule has 2 aromatic carbocycles. The number of hydrogen-bond donors (Lipinski definition) is 1. The first-order valence-electron chi connectivity index (χ1n) is 9.25. The largest absolute Gasteiger partial charge is 0.426 e. The number of ether oxygens (including phenoxy) is 1. The third kappa shape index (κ3) is 3.74.